The van der Waals surface area contributed by atoms with Crippen LogP contribution in [0.25, 0.3) is 60.9 Å². The molecule has 0 radical (unpaired) electrons. The number of fused-ring (bicyclic) bond motifs is 6. The Morgan fingerprint density at radius 2 is 0.943 bits per heavy atom. The molecule has 0 unspecified atom stereocenters. The Bertz CT molecular complexity index is 2720. The lowest BCUT2D eigenvalue weighted by molar-refractivity contribution is 0.661. The molecule has 252 valence electrons. The first-order valence-corrected chi connectivity index (χ1v) is 18.4. The minimum absolute atomic E-state index is 0.0897. The fourth-order valence-electron chi connectivity index (χ4n) is 8.55. The highest BCUT2D eigenvalue weighted by molar-refractivity contribution is 6.12. The van der Waals surface area contributed by atoms with Crippen LogP contribution < -0.4 is 4.90 Å². The highest BCUT2D eigenvalue weighted by Crippen LogP contribution is 2.51. The summed E-state index contributed by atoms with van der Waals surface area (Å²) in [6.07, 6.45) is 0. The molecule has 0 saturated heterocycles. The normalized spacial score (nSPS) is 12.9. The Labute approximate surface area is 310 Å². The smallest absolute Gasteiger partial charge is 0.0561 e. The van der Waals surface area contributed by atoms with Crippen LogP contribution in [-0.2, 0) is 5.41 Å². The van der Waals surface area contributed by atoms with E-state index in [1.165, 1.54) is 66.3 Å². The lowest BCUT2D eigenvalue weighted by Gasteiger charge is -2.27. The topological polar surface area (TPSA) is 8.17 Å². The van der Waals surface area contributed by atoms with E-state index in [1.54, 1.807) is 0 Å². The van der Waals surface area contributed by atoms with Crippen LogP contribution in [0.4, 0.5) is 17.1 Å². The number of anilines is 3. The molecule has 0 fully saturated rings. The third-order valence-corrected chi connectivity index (χ3v) is 11.1. The molecule has 0 amide bonds. The molecule has 1 aromatic heterocycles. The molecule has 0 N–H and O–H groups in total. The van der Waals surface area contributed by atoms with E-state index in [2.05, 4.69) is 217 Å². The van der Waals surface area contributed by atoms with Gasteiger partial charge in [-0.25, -0.2) is 0 Å². The predicted octanol–water partition coefficient (Wildman–Crippen LogP) is 13.9. The zero-order valence-electron chi connectivity index (χ0n) is 29.9. The van der Waals surface area contributed by atoms with Gasteiger partial charge in [0.25, 0.3) is 0 Å². The van der Waals surface area contributed by atoms with E-state index in [0.29, 0.717) is 0 Å². The molecular formula is C51H38N2. The Balaban J connectivity index is 1.24. The maximum Gasteiger partial charge on any atom is 0.0561 e. The van der Waals surface area contributed by atoms with Gasteiger partial charge in [-0.1, -0.05) is 141 Å². The Kier molecular flexibility index (Phi) is 7.19. The lowest BCUT2D eigenvalue weighted by atomic mass is 9.82. The molecule has 2 nitrogen and oxygen atoms in total. The summed E-state index contributed by atoms with van der Waals surface area (Å²) in [5.41, 5.74) is 17.0. The van der Waals surface area contributed by atoms with Crippen LogP contribution in [0.1, 0.15) is 25.0 Å². The largest absolute Gasteiger partial charge is 0.310 e. The summed E-state index contributed by atoms with van der Waals surface area (Å²) in [5, 5.41) is 2.51. The maximum absolute atomic E-state index is 2.46. The molecule has 0 bridgehead atoms. The first-order valence-electron chi connectivity index (χ1n) is 18.4. The summed E-state index contributed by atoms with van der Waals surface area (Å²) in [6.45, 7) is 4.73. The number of aromatic nitrogens is 1. The average Bonchev–Trinajstić information content (AvgIpc) is 3.65. The highest BCUT2D eigenvalue weighted by atomic mass is 15.1. The average molecular weight is 679 g/mol. The van der Waals surface area contributed by atoms with Crippen molar-refractivity contribution in [1.82, 2.24) is 4.57 Å². The zero-order valence-corrected chi connectivity index (χ0v) is 29.9. The summed E-state index contributed by atoms with van der Waals surface area (Å²) < 4.78 is 2.46. The molecular weight excluding hydrogens is 641 g/mol. The van der Waals surface area contributed by atoms with Crippen LogP contribution in [0.15, 0.2) is 194 Å². The second kappa shape index (κ2) is 12.3. The summed E-state index contributed by atoms with van der Waals surface area (Å²) in [4.78, 5) is 2.41. The van der Waals surface area contributed by atoms with Crippen LogP contribution in [0.3, 0.4) is 0 Å². The molecule has 10 rings (SSSR count). The van der Waals surface area contributed by atoms with Crippen molar-refractivity contribution in [2.24, 2.45) is 0 Å². The van der Waals surface area contributed by atoms with Gasteiger partial charge in [0.15, 0.2) is 0 Å². The standard InChI is InChI=1S/C51H38N2/c1-51(2)47-26-16-15-25-43(47)45-33-46-44-28-27-41(32-49(44)53(50(46)34-48(45)51)40-23-13-6-14-24-40)52(39-21-11-5-12-22-39)42-30-37(35-17-7-3-8-18-35)29-38(31-42)36-19-9-4-10-20-36/h3-34H,1-2H3. The molecule has 9 aromatic rings. The van der Waals surface area contributed by atoms with Crippen LogP contribution in [-0.4, -0.2) is 4.57 Å². The van der Waals surface area contributed by atoms with Crippen molar-refractivity contribution in [2.75, 3.05) is 4.90 Å². The number of para-hydroxylation sites is 2. The minimum atomic E-state index is -0.0897. The fourth-order valence-corrected chi connectivity index (χ4v) is 8.55. The molecule has 0 spiro atoms. The SMILES string of the molecule is CC1(C)c2ccccc2-c2cc3c4ccc(N(c5ccccc5)c5cc(-c6ccccc6)cc(-c6ccccc6)c5)cc4n(-c4ccccc4)c3cc21. The third-order valence-electron chi connectivity index (χ3n) is 11.1. The molecule has 1 heterocycles. The molecule has 53 heavy (non-hydrogen) atoms. The fraction of sp³-hybridized carbons (Fsp3) is 0.0588. The van der Waals surface area contributed by atoms with Gasteiger partial charge in [0, 0.05) is 38.9 Å². The second-order valence-corrected chi connectivity index (χ2v) is 14.6. The monoisotopic (exact) mass is 678 g/mol. The molecule has 1 aliphatic carbocycles. The van der Waals surface area contributed by atoms with E-state index < -0.39 is 0 Å². The Hall–Kier alpha value is -6.64. The van der Waals surface area contributed by atoms with E-state index in [0.717, 1.165) is 22.7 Å². The van der Waals surface area contributed by atoms with Crippen molar-refractivity contribution < 1.29 is 0 Å². The summed E-state index contributed by atoms with van der Waals surface area (Å²) in [7, 11) is 0. The molecule has 1 aliphatic rings. The summed E-state index contributed by atoms with van der Waals surface area (Å²) in [5.74, 6) is 0. The first-order chi connectivity index (χ1) is 26.0. The maximum atomic E-state index is 2.46. The lowest BCUT2D eigenvalue weighted by Crippen LogP contribution is -2.14. The van der Waals surface area contributed by atoms with Gasteiger partial charge in [-0.15, -0.1) is 0 Å². The van der Waals surface area contributed by atoms with Crippen molar-refractivity contribution >= 4 is 38.9 Å². The van der Waals surface area contributed by atoms with Gasteiger partial charge in [-0.3, -0.25) is 0 Å². The molecule has 0 saturated carbocycles. The van der Waals surface area contributed by atoms with Crippen LogP contribution in [0.2, 0.25) is 0 Å². The van der Waals surface area contributed by atoms with Crippen LogP contribution >= 0.6 is 0 Å². The van der Waals surface area contributed by atoms with E-state index in [-0.39, 0.29) is 5.41 Å². The van der Waals surface area contributed by atoms with Crippen molar-refractivity contribution in [1.29, 1.82) is 0 Å². The number of benzene rings is 8. The van der Waals surface area contributed by atoms with E-state index in [4.69, 9.17) is 0 Å². The molecule has 0 aliphatic heterocycles. The number of nitrogens with zero attached hydrogens (tertiary/aromatic N) is 2. The number of hydrogen-bond donors (Lipinski definition) is 0. The number of hydrogen-bond acceptors (Lipinski definition) is 1. The van der Waals surface area contributed by atoms with E-state index >= 15 is 0 Å². The third kappa shape index (κ3) is 5.10. The number of rotatable bonds is 6. The van der Waals surface area contributed by atoms with Crippen LogP contribution in [0, 0.1) is 0 Å². The van der Waals surface area contributed by atoms with Crippen molar-refractivity contribution in [3.63, 3.8) is 0 Å². The van der Waals surface area contributed by atoms with Gasteiger partial charge < -0.3 is 9.47 Å². The van der Waals surface area contributed by atoms with Gasteiger partial charge >= 0.3 is 0 Å². The van der Waals surface area contributed by atoms with Gasteiger partial charge in [-0.2, -0.15) is 0 Å². The van der Waals surface area contributed by atoms with Gasteiger partial charge in [0.1, 0.15) is 0 Å². The highest BCUT2D eigenvalue weighted by Gasteiger charge is 2.36. The molecule has 8 aromatic carbocycles. The van der Waals surface area contributed by atoms with Crippen molar-refractivity contribution in [3.05, 3.63) is 205 Å². The second-order valence-electron chi connectivity index (χ2n) is 14.6. The molecule has 0 atom stereocenters. The van der Waals surface area contributed by atoms with Crippen LogP contribution in [0.5, 0.6) is 0 Å². The quantitative estimate of drug-likeness (QED) is 0.170. The Morgan fingerprint density at radius 1 is 0.377 bits per heavy atom. The Morgan fingerprint density at radius 3 is 1.60 bits per heavy atom. The summed E-state index contributed by atoms with van der Waals surface area (Å²) in [6, 6.07) is 70.8. The van der Waals surface area contributed by atoms with E-state index in [1.807, 2.05) is 0 Å². The van der Waals surface area contributed by atoms with Gasteiger partial charge in [-0.05, 0) is 111 Å². The zero-order chi connectivity index (χ0) is 35.5. The molecule has 2 heteroatoms. The minimum Gasteiger partial charge on any atom is -0.310 e. The first kappa shape index (κ1) is 31.1. The van der Waals surface area contributed by atoms with Gasteiger partial charge in [0.05, 0.1) is 11.0 Å². The van der Waals surface area contributed by atoms with Crippen molar-refractivity contribution in [2.45, 2.75) is 19.3 Å². The summed E-state index contributed by atoms with van der Waals surface area (Å²) >= 11 is 0. The predicted molar refractivity (Wildman–Crippen MR) is 224 cm³/mol. The van der Waals surface area contributed by atoms with E-state index in [9.17, 15) is 0 Å². The van der Waals surface area contributed by atoms with Gasteiger partial charge in [0.2, 0.25) is 0 Å². The van der Waals surface area contributed by atoms with Crippen molar-refractivity contribution in [3.8, 4) is 39.1 Å².